The average molecular weight is 974 g/mol. The third kappa shape index (κ3) is 13.0. The van der Waals surface area contributed by atoms with Crippen LogP contribution in [0.25, 0.3) is 11.0 Å². The normalized spacial score (nSPS) is 18.2. The average Bonchev–Trinajstić information content (AvgIpc) is 3.92. The van der Waals surface area contributed by atoms with E-state index in [0.717, 1.165) is 35.6 Å². The first kappa shape index (κ1) is 53.2. The first-order chi connectivity index (χ1) is 33.4. The number of amides is 1. The maximum absolute atomic E-state index is 15.3. The van der Waals surface area contributed by atoms with Crippen molar-refractivity contribution in [1.82, 2.24) is 19.5 Å². The maximum Gasteiger partial charge on any atom is 0.259 e. The lowest BCUT2D eigenvalue weighted by Crippen LogP contribution is -2.43. The Balaban J connectivity index is 1.46. The van der Waals surface area contributed by atoms with E-state index in [2.05, 4.69) is 21.0 Å². The molecular formula is C51H66F2N7O8P. The number of rotatable bonds is 27. The molecule has 5 aromatic rings. The fourth-order valence-corrected chi connectivity index (χ4v) is 10.4. The SMILES string of the molecule is COc1ccc(C(OC[C@H]2O[C@@H](n3cnc4c(F)cc(F)cc43)[C@H](OCCCNC(=O)[C@@H](N)CCCCN)[C@@H]2OP(OCCC#N)N(C(C)C)C(C)C)(c2ccccc2)c2ccc(OC)cc2)cc1. The number of fused-ring (bicyclic) bond motifs is 1. The third-order valence-corrected chi connectivity index (χ3v) is 14.0. The number of benzene rings is 4. The van der Waals surface area contributed by atoms with Gasteiger partial charge in [0.05, 0.1) is 57.8 Å². The summed E-state index contributed by atoms with van der Waals surface area (Å²) in [6, 6.07) is 28.4. The van der Waals surface area contributed by atoms with Crippen LogP contribution in [0.5, 0.6) is 11.5 Å². The molecule has 69 heavy (non-hydrogen) atoms. The van der Waals surface area contributed by atoms with Crippen LogP contribution in [0.3, 0.4) is 0 Å². The van der Waals surface area contributed by atoms with Crippen LogP contribution in [0.2, 0.25) is 0 Å². The number of nitriles is 1. The van der Waals surface area contributed by atoms with E-state index in [1.807, 2.05) is 107 Å². The van der Waals surface area contributed by atoms with Gasteiger partial charge in [0.1, 0.15) is 46.7 Å². The highest BCUT2D eigenvalue weighted by atomic mass is 31.2. The summed E-state index contributed by atoms with van der Waals surface area (Å²) in [4.78, 5) is 17.2. The number of nitrogens with two attached hydrogens (primary N) is 2. The standard InChI is InChI=1S/C51H66F2N7O8P/c1-34(2)60(35(3)4)69(66-29-12-26-55)68-47-45(32-65-51(36-14-8-7-9-15-36,37-17-21-40(62-5)22-18-37)38-19-23-41(63-6)24-20-38)67-50(59-33-58-46-42(53)30-39(52)31-44(46)59)48(47)64-28-13-27-57-49(61)43(56)16-10-11-25-54/h7-9,14-15,17-24,30-31,33-35,43,45,47-48,50H,10-13,16,25,27-29,32,54,56H2,1-6H3,(H,57,61)/t43-,45+,47+,48+,50+,69?/m0/s1. The second kappa shape index (κ2) is 25.7. The molecule has 1 aliphatic rings. The van der Waals surface area contributed by atoms with Gasteiger partial charge in [0.2, 0.25) is 5.91 Å². The predicted molar refractivity (Wildman–Crippen MR) is 260 cm³/mol. The molecule has 1 unspecified atom stereocenters. The Kier molecular flexibility index (Phi) is 19.8. The maximum atomic E-state index is 15.3. The smallest absolute Gasteiger partial charge is 0.259 e. The van der Waals surface area contributed by atoms with Crippen LogP contribution in [-0.4, -0.2) is 104 Å². The first-order valence-electron chi connectivity index (χ1n) is 23.4. The van der Waals surface area contributed by atoms with Crippen LogP contribution >= 0.6 is 8.53 Å². The van der Waals surface area contributed by atoms with Gasteiger partial charge in [-0.3, -0.25) is 4.79 Å². The molecule has 15 nitrogen and oxygen atoms in total. The van der Waals surface area contributed by atoms with E-state index in [-0.39, 0.29) is 61.8 Å². The van der Waals surface area contributed by atoms with Gasteiger partial charge in [0.15, 0.2) is 12.0 Å². The Morgan fingerprint density at radius 3 is 2.14 bits per heavy atom. The summed E-state index contributed by atoms with van der Waals surface area (Å²) >= 11 is 0. The fourth-order valence-electron chi connectivity index (χ4n) is 8.59. The molecule has 18 heteroatoms. The van der Waals surface area contributed by atoms with Crippen molar-refractivity contribution in [2.24, 2.45) is 11.5 Å². The van der Waals surface area contributed by atoms with Gasteiger partial charge < -0.3 is 54.1 Å². The molecule has 0 radical (unpaired) electrons. The number of hydrogen-bond acceptors (Lipinski definition) is 13. The second-order valence-electron chi connectivity index (χ2n) is 17.3. The Bertz CT molecular complexity index is 2350. The number of ether oxygens (including phenoxy) is 5. The summed E-state index contributed by atoms with van der Waals surface area (Å²) in [6.07, 6.45) is -0.0558. The van der Waals surface area contributed by atoms with Crippen LogP contribution in [0.4, 0.5) is 8.78 Å². The minimum atomic E-state index is -1.91. The zero-order valence-corrected chi connectivity index (χ0v) is 41.2. The number of carbonyl (C=O) groups is 1. The van der Waals surface area contributed by atoms with Crippen molar-refractivity contribution in [1.29, 1.82) is 5.26 Å². The highest BCUT2D eigenvalue weighted by Gasteiger charge is 2.51. The van der Waals surface area contributed by atoms with Gasteiger partial charge >= 0.3 is 0 Å². The van der Waals surface area contributed by atoms with Crippen molar-refractivity contribution < 1.29 is 46.3 Å². The Labute approximate surface area is 405 Å². The number of nitrogens with zero attached hydrogens (tertiary/aromatic N) is 4. The van der Waals surface area contributed by atoms with Crippen molar-refractivity contribution in [3.05, 3.63) is 126 Å². The van der Waals surface area contributed by atoms with E-state index >= 15 is 8.78 Å². The molecule has 1 amide bonds. The van der Waals surface area contributed by atoms with Crippen molar-refractivity contribution in [2.75, 3.05) is 47.1 Å². The number of methoxy groups -OCH3 is 2. The summed E-state index contributed by atoms with van der Waals surface area (Å²) in [7, 11) is 1.30. The summed E-state index contributed by atoms with van der Waals surface area (Å²) in [5, 5.41) is 12.5. The number of halogens is 2. The molecular weight excluding hydrogens is 908 g/mol. The lowest BCUT2D eigenvalue weighted by Gasteiger charge is -2.39. The number of hydrogen-bond donors (Lipinski definition) is 3. The summed E-state index contributed by atoms with van der Waals surface area (Å²) in [5.74, 6) is -0.608. The Hall–Kier alpha value is -5.12. The van der Waals surface area contributed by atoms with E-state index in [9.17, 15) is 10.1 Å². The minimum absolute atomic E-state index is 0.0589. The third-order valence-electron chi connectivity index (χ3n) is 11.9. The molecule has 0 aliphatic carbocycles. The molecule has 4 aromatic carbocycles. The highest BCUT2D eigenvalue weighted by molar-refractivity contribution is 7.44. The van der Waals surface area contributed by atoms with Crippen LogP contribution in [0, 0.1) is 23.0 Å². The largest absolute Gasteiger partial charge is 0.497 e. The number of nitrogens with one attached hydrogen (secondary N) is 1. The zero-order valence-electron chi connectivity index (χ0n) is 40.3. The van der Waals surface area contributed by atoms with Crippen LogP contribution < -0.4 is 26.3 Å². The van der Waals surface area contributed by atoms with Gasteiger partial charge in [-0.05, 0) is 94.5 Å². The number of aromatic nitrogens is 2. The molecule has 2 heterocycles. The van der Waals surface area contributed by atoms with E-state index in [4.69, 9.17) is 44.2 Å². The van der Waals surface area contributed by atoms with E-state index in [1.165, 1.54) is 12.4 Å². The fraction of sp³-hybridized carbons (Fsp3) is 0.471. The zero-order chi connectivity index (χ0) is 49.5. The van der Waals surface area contributed by atoms with Gasteiger partial charge in [0, 0.05) is 37.4 Å². The van der Waals surface area contributed by atoms with Crippen LogP contribution in [0.15, 0.2) is 97.3 Å². The number of carbonyl (C=O) groups excluding carboxylic acids is 1. The molecule has 5 N–H and O–H groups in total. The number of imidazole rings is 1. The molecule has 0 saturated carbocycles. The summed E-state index contributed by atoms with van der Waals surface area (Å²) < 4.78 is 80.1. The molecule has 372 valence electrons. The van der Waals surface area contributed by atoms with Gasteiger partial charge in [-0.2, -0.15) is 5.26 Å². The predicted octanol–water partition coefficient (Wildman–Crippen LogP) is 8.25. The molecule has 1 saturated heterocycles. The Morgan fingerprint density at radius 2 is 1.55 bits per heavy atom. The molecule has 1 aliphatic heterocycles. The van der Waals surface area contributed by atoms with Gasteiger partial charge in [-0.15, -0.1) is 0 Å². The lowest BCUT2D eigenvalue weighted by atomic mass is 9.80. The molecule has 0 bridgehead atoms. The quantitative estimate of drug-likeness (QED) is 0.0259. The first-order valence-corrected chi connectivity index (χ1v) is 24.5. The highest BCUT2D eigenvalue weighted by Crippen LogP contribution is 2.52. The Morgan fingerprint density at radius 1 is 0.913 bits per heavy atom. The van der Waals surface area contributed by atoms with Crippen molar-refractivity contribution in [3.8, 4) is 17.6 Å². The molecule has 0 spiro atoms. The molecule has 6 atom stereocenters. The second-order valence-corrected chi connectivity index (χ2v) is 18.7. The van der Waals surface area contributed by atoms with Crippen LogP contribution in [0.1, 0.15) is 82.7 Å². The van der Waals surface area contributed by atoms with E-state index in [0.29, 0.717) is 30.9 Å². The summed E-state index contributed by atoms with van der Waals surface area (Å²) in [6.45, 7) is 8.99. The lowest BCUT2D eigenvalue weighted by molar-refractivity contribution is -0.122. The van der Waals surface area contributed by atoms with Gasteiger partial charge in [-0.25, -0.2) is 18.4 Å². The monoisotopic (exact) mass is 973 g/mol. The van der Waals surface area contributed by atoms with E-state index < -0.39 is 56.3 Å². The molecule has 1 fully saturated rings. The van der Waals surface area contributed by atoms with E-state index in [1.54, 1.807) is 18.8 Å². The topological polar surface area (TPSA) is 191 Å². The van der Waals surface area contributed by atoms with Crippen molar-refractivity contribution >= 4 is 25.5 Å². The van der Waals surface area contributed by atoms with Gasteiger partial charge in [0.25, 0.3) is 8.53 Å². The molecule has 1 aromatic heterocycles. The summed E-state index contributed by atoms with van der Waals surface area (Å²) in [5.41, 5.74) is 13.0. The van der Waals surface area contributed by atoms with Crippen molar-refractivity contribution in [2.45, 2.75) is 108 Å². The molecule has 6 rings (SSSR count). The number of unbranched alkanes of at least 4 members (excludes halogenated alkanes) is 1. The van der Waals surface area contributed by atoms with Crippen LogP contribution in [-0.2, 0) is 33.7 Å². The van der Waals surface area contributed by atoms with Crippen molar-refractivity contribution in [3.63, 3.8) is 0 Å². The van der Waals surface area contributed by atoms with Gasteiger partial charge in [-0.1, -0.05) is 61.0 Å². The minimum Gasteiger partial charge on any atom is -0.497 e.